The van der Waals surface area contributed by atoms with E-state index in [1.165, 1.54) is 12.8 Å². The summed E-state index contributed by atoms with van der Waals surface area (Å²) in [5, 5.41) is 2.84. The lowest BCUT2D eigenvalue weighted by molar-refractivity contribution is -0.123. The summed E-state index contributed by atoms with van der Waals surface area (Å²) in [6.07, 6.45) is 5.57. The topological polar surface area (TPSA) is 29.1 Å². The van der Waals surface area contributed by atoms with Gasteiger partial charge in [-0.25, -0.2) is 0 Å². The van der Waals surface area contributed by atoms with Crippen LogP contribution in [-0.2, 0) is 4.79 Å². The summed E-state index contributed by atoms with van der Waals surface area (Å²) in [5.74, 6) is 0.212. The van der Waals surface area contributed by atoms with E-state index in [0.717, 1.165) is 19.3 Å². The van der Waals surface area contributed by atoms with Gasteiger partial charge in [-0.1, -0.05) is 26.7 Å². The predicted molar refractivity (Wildman–Crippen MR) is 52.0 cm³/mol. The molecule has 1 heterocycles. The van der Waals surface area contributed by atoms with Crippen molar-refractivity contribution in [3.63, 3.8) is 0 Å². The van der Waals surface area contributed by atoms with Crippen LogP contribution in [0.5, 0.6) is 0 Å². The zero-order valence-electron chi connectivity index (χ0n) is 8.52. The number of nitrogens with one attached hydrogen (secondary N) is 1. The maximum Gasteiger partial charge on any atom is 0.220 e. The number of piperidine rings is 1. The van der Waals surface area contributed by atoms with Crippen molar-refractivity contribution in [1.29, 1.82) is 0 Å². The minimum absolute atomic E-state index is 0.212. The highest BCUT2D eigenvalue weighted by molar-refractivity contribution is 5.76. The van der Waals surface area contributed by atoms with E-state index in [2.05, 4.69) is 19.2 Å². The van der Waals surface area contributed by atoms with Crippen molar-refractivity contribution in [1.82, 2.24) is 5.32 Å². The third kappa shape index (κ3) is 6.20. The first-order chi connectivity index (χ1) is 5.70. The first-order valence-electron chi connectivity index (χ1n) is 5.00. The predicted octanol–water partition coefficient (Wildman–Crippen LogP) is 2.48. The molecule has 1 N–H and O–H groups in total. The van der Waals surface area contributed by atoms with E-state index in [1.54, 1.807) is 0 Å². The normalized spacial score (nSPS) is 22.2. The number of rotatable bonds is 1. The van der Waals surface area contributed by atoms with Crippen LogP contribution in [0.2, 0.25) is 0 Å². The van der Waals surface area contributed by atoms with E-state index in [9.17, 15) is 4.79 Å². The van der Waals surface area contributed by atoms with Gasteiger partial charge in [-0.05, 0) is 19.8 Å². The third-order valence-electron chi connectivity index (χ3n) is 1.95. The molecule has 1 rings (SSSR count). The highest BCUT2D eigenvalue weighted by atomic mass is 16.1. The van der Waals surface area contributed by atoms with Gasteiger partial charge >= 0.3 is 0 Å². The van der Waals surface area contributed by atoms with Gasteiger partial charge in [0.25, 0.3) is 0 Å². The molecule has 2 heteroatoms. The van der Waals surface area contributed by atoms with Gasteiger partial charge in [0.05, 0.1) is 0 Å². The molecular weight excluding hydrogens is 150 g/mol. The van der Waals surface area contributed by atoms with Crippen molar-refractivity contribution in [2.75, 3.05) is 0 Å². The molecule has 1 aliphatic heterocycles. The first-order valence-corrected chi connectivity index (χ1v) is 5.00. The Hall–Kier alpha value is -0.530. The molecule has 1 aliphatic rings. The van der Waals surface area contributed by atoms with Crippen LogP contribution in [0.15, 0.2) is 0 Å². The summed E-state index contributed by atoms with van der Waals surface area (Å²) >= 11 is 0. The standard InChI is InChI=1S/C6H11NO.C4H10/c1-5-3-2-4-6(8)7-5;1-3-4-2/h5H,2-4H2,1H3,(H,7,8);3-4H2,1-2H3. The van der Waals surface area contributed by atoms with Crippen LogP contribution in [0.1, 0.15) is 52.9 Å². The second kappa shape index (κ2) is 7.14. The molecule has 1 atom stereocenters. The Morgan fingerprint density at radius 2 is 2.00 bits per heavy atom. The summed E-state index contributed by atoms with van der Waals surface area (Å²) in [7, 11) is 0. The Morgan fingerprint density at radius 3 is 2.25 bits per heavy atom. The van der Waals surface area contributed by atoms with Crippen molar-refractivity contribution >= 4 is 5.91 Å². The monoisotopic (exact) mass is 171 g/mol. The fraction of sp³-hybridized carbons (Fsp3) is 0.900. The number of carbonyl (C=O) groups is 1. The number of hydrogen-bond acceptors (Lipinski definition) is 1. The maximum absolute atomic E-state index is 10.6. The molecule has 0 spiro atoms. The van der Waals surface area contributed by atoms with E-state index >= 15 is 0 Å². The molecular formula is C10H21NO. The Labute approximate surface area is 75.7 Å². The molecule has 0 bridgehead atoms. The lowest BCUT2D eigenvalue weighted by Gasteiger charge is -2.18. The van der Waals surface area contributed by atoms with E-state index in [0.29, 0.717) is 6.04 Å². The molecule has 0 radical (unpaired) electrons. The molecule has 0 saturated carbocycles. The van der Waals surface area contributed by atoms with Crippen molar-refractivity contribution in [3.05, 3.63) is 0 Å². The van der Waals surface area contributed by atoms with Crippen molar-refractivity contribution in [2.45, 2.75) is 58.9 Å². The smallest absolute Gasteiger partial charge is 0.220 e. The first kappa shape index (κ1) is 11.5. The fourth-order valence-electron chi connectivity index (χ4n) is 0.988. The van der Waals surface area contributed by atoms with Gasteiger partial charge < -0.3 is 5.32 Å². The second-order valence-electron chi connectivity index (χ2n) is 3.36. The van der Waals surface area contributed by atoms with Gasteiger partial charge in [0.2, 0.25) is 5.91 Å². The Bertz CT molecular complexity index is 121. The van der Waals surface area contributed by atoms with Crippen LogP contribution in [0.25, 0.3) is 0 Å². The highest BCUT2D eigenvalue weighted by Crippen LogP contribution is 2.05. The van der Waals surface area contributed by atoms with Crippen LogP contribution in [-0.4, -0.2) is 11.9 Å². The number of hydrogen-bond donors (Lipinski definition) is 1. The Kier molecular flexibility index (Phi) is 6.82. The van der Waals surface area contributed by atoms with Crippen molar-refractivity contribution in [2.24, 2.45) is 0 Å². The highest BCUT2D eigenvalue weighted by Gasteiger charge is 2.12. The molecule has 0 aromatic heterocycles. The largest absolute Gasteiger partial charge is 0.354 e. The van der Waals surface area contributed by atoms with Gasteiger partial charge in [-0.15, -0.1) is 0 Å². The van der Waals surface area contributed by atoms with Crippen LogP contribution >= 0.6 is 0 Å². The third-order valence-corrected chi connectivity index (χ3v) is 1.95. The summed E-state index contributed by atoms with van der Waals surface area (Å²) < 4.78 is 0. The summed E-state index contributed by atoms with van der Waals surface area (Å²) in [6, 6.07) is 0.413. The van der Waals surface area contributed by atoms with Crippen LogP contribution in [0.3, 0.4) is 0 Å². The molecule has 12 heavy (non-hydrogen) atoms. The van der Waals surface area contributed by atoms with Crippen molar-refractivity contribution in [3.8, 4) is 0 Å². The fourth-order valence-corrected chi connectivity index (χ4v) is 0.988. The van der Waals surface area contributed by atoms with E-state index in [4.69, 9.17) is 0 Å². The quantitative estimate of drug-likeness (QED) is 0.645. The minimum Gasteiger partial charge on any atom is -0.354 e. The van der Waals surface area contributed by atoms with Gasteiger partial charge in [-0.3, -0.25) is 4.79 Å². The van der Waals surface area contributed by atoms with Gasteiger partial charge in [0.1, 0.15) is 0 Å². The molecule has 2 nitrogen and oxygen atoms in total. The molecule has 72 valence electrons. The molecule has 0 aromatic carbocycles. The number of unbranched alkanes of at least 4 members (excludes halogenated alkanes) is 1. The molecule has 1 unspecified atom stereocenters. The average molecular weight is 171 g/mol. The lowest BCUT2D eigenvalue weighted by Crippen LogP contribution is -2.36. The number of carbonyl (C=O) groups excluding carboxylic acids is 1. The Morgan fingerprint density at radius 1 is 1.42 bits per heavy atom. The van der Waals surface area contributed by atoms with Gasteiger partial charge in [0.15, 0.2) is 0 Å². The molecule has 0 aliphatic carbocycles. The summed E-state index contributed by atoms with van der Waals surface area (Å²) in [4.78, 5) is 10.6. The minimum atomic E-state index is 0.212. The van der Waals surface area contributed by atoms with Crippen LogP contribution in [0.4, 0.5) is 0 Å². The summed E-state index contributed by atoms with van der Waals surface area (Å²) in [6.45, 7) is 6.40. The maximum atomic E-state index is 10.6. The molecule has 0 aromatic rings. The van der Waals surface area contributed by atoms with Crippen LogP contribution < -0.4 is 5.32 Å². The van der Waals surface area contributed by atoms with E-state index in [1.807, 2.05) is 6.92 Å². The summed E-state index contributed by atoms with van der Waals surface area (Å²) in [5.41, 5.74) is 0. The number of amides is 1. The van der Waals surface area contributed by atoms with E-state index < -0.39 is 0 Å². The SMILES string of the molecule is CC1CCCC(=O)N1.CCCC. The lowest BCUT2D eigenvalue weighted by atomic mass is 10.1. The van der Waals surface area contributed by atoms with Gasteiger partial charge in [-0.2, -0.15) is 0 Å². The molecule has 1 fully saturated rings. The van der Waals surface area contributed by atoms with Gasteiger partial charge in [0, 0.05) is 12.5 Å². The molecule has 1 saturated heterocycles. The zero-order valence-corrected chi connectivity index (χ0v) is 8.52. The second-order valence-corrected chi connectivity index (χ2v) is 3.36. The van der Waals surface area contributed by atoms with Crippen molar-refractivity contribution < 1.29 is 4.79 Å². The average Bonchev–Trinajstić information content (AvgIpc) is 2.04. The van der Waals surface area contributed by atoms with E-state index in [-0.39, 0.29) is 5.91 Å². The van der Waals surface area contributed by atoms with Crippen LogP contribution in [0, 0.1) is 0 Å². The zero-order chi connectivity index (χ0) is 9.40. The Balaban J connectivity index is 0.000000261. The molecule has 1 amide bonds.